The average molecular weight is 356 g/mol. The second kappa shape index (κ2) is 6.80. The minimum atomic E-state index is -4.54. The van der Waals surface area contributed by atoms with E-state index in [-0.39, 0.29) is 23.5 Å². The summed E-state index contributed by atoms with van der Waals surface area (Å²) in [6.45, 7) is 0. The van der Waals surface area contributed by atoms with Crippen molar-refractivity contribution in [2.24, 2.45) is 5.73 Å². The number of hydrogen-bond donors (Lipinski definition) is 1. The third-order valence-electron chi connectivity index (χ3n) is 3.15. The molecule has 0 aromatic heterocycles. The van der Waals surface area contributed by atoms with Gasteiger partial charge in [-0.05, 0) is 35.4 Å². The number of hydrogen-bond acceptors (Lipinski definition) is 1. The summed E-state index contributed by atoms with van der Waals surface area (Å²) in [7, 11) is 0. The fourth-order valence-electron chi connectivity index (χ4n) is 2.01. The topological polar surface area (TPSA) is 26.0 Å². The molecule has 0 bridgehead atoms. The minimum Gasteiger partial charge on any atom is -0.320 e. The van der Waals surface area contributed by atoms with E-state index in [1.165, 1.54) is 24.3 Å². The van der Waals surface area contributed by atoms with Gasteiger partial charge in [0, 0.05) is 0 Å². The van der Waals surface area contributed by atoms with E-state index in [1.54, 1.807) is 0 Å². The van der Waals surface area contributed by atoms with Gasteiger partial charge in [-0.1, -0.05) is 24.3 Å². The second-order valence-corrected chi connectivity index (χ2v) is 4.72. The smallest absolute Gasteiger partial charge is 0.320 e. The second-order valence-electron chi connectivity index (χ2n) is 4.72. The molecule has 0 aliphatic heterocycles. The Hall–Kier alpha value is -1.73. The summed E-state index contributed by atoms with van der Waals surface area (Å²) >= 11 is 0. The van der Waals surface area contributed by atoms with Gasteiger partial charge in [0.25, 0.3) is 0 Å². The molecule has 2 aromatic rings. The van der Waals surface area contributed by atoms with Crippen molar-refractivity contribution in [1.82, 2.24) is 0 Å². The monoisotopic (exact) mass is 355 g/mol. The van der Waals surface area contributed by atoms with Crippen molar-refractivity contribution in [3.05, 3.63) is 70.8 Å². The lowest BCUT2D eigenvalue weighted by Crippen LogP contribution is -2.15. The maximum Gasteiger partial charge on any atom is 0.416 e. The van der Waals surface area contributed by atoms with Crippen LogP contribution in [-0.2, 0) is 12.4 Å². The molecule has 0 amide bonds. The molecule has 2 aromatic carbocycles. The van der Waals surface area contributed by atoms with Crippen LogP contribution in [0.4, 0.5) is 26.3 Å². The largest absolute Gasteiger partial charge is 0.416 e. The lowest BCUT2D eigenvalue weighted by atomic mass is 9.96. The van der Waals surface area contributed by atoms with E-state index in [2.05, 4.69) is 0 Å². The van der Waals surface area contributed by atoms with Gasteiger partial charge in [-0.2, -0.15) is 26.3 Å². The number of nitrogens with two attached hydrogens (primary N) is 1. The first kappa shape index (κ1) is 19.3. The van der Waals surface area contributed by atoms with Gasteiger partial charge in [0.15, 0.2) is 0 Å². The fourth-order valence-corrected chi connectivity index (χ4v) is 2.01. The van der Waals surface area contributed by atoms with Crippen LogP contribution in [0.15, 0.2) is 48.5 Å². The predicted molar refractivity (Wildman–Crippen MR) is 76.2 cm³/mol. The Bertz CT molecular complexity index is 608. The third-order valence-corrected chi connectivity index (χ3v) is 3.15. The molecular formula is C15H12ClF6N. The van der Waals surface area contributed by atoms with Gasteiger partial charge >= 0.3 is 12.4 Å². The molecule has 0 saturated carbocycles. The van der Waals surface area contributed by atoms with E-state index < -0.39 is 29.5 Å². The molecule has 126 valence electrons. The Kier molecular flexibility index (Phi) is 5.71. The van der Waals surface area contributed by atoms with Crippen LogP contribution in [0.2, 0.25) is 0 Å². The van der Waals surface area contributed by atoms with Gasteiger partial charge in [-0.15, -0.1) is 12.4 Å². The molecule has 1 nitrogen and oxygen atoms in total. The Morgan fingerprint density at radius 3 is 1.35 bits per heavy atom. The molecule has 0 radical (unpaired) electrons. The molecular weight excluding hydrogens is 344 g/mol. The van der Waals surface area contributed by atoms with Crippen molar-refractivity contribution in [1.29, 1.82) is 0 Å². The van der Waals surface area contributed by atoms with Gasteiger partial charge in [-0.25, -0.2) is 0 Å². The molecule has 0 aliphatic carbocycles. The maximum absolute atomic E-state index is 12.7. The summed E-state index contributed by atoms with van der Waals surface area (Å²) in [4.78, 5) is 0. The summed E-state index contributed by atoms with van der Waals surface area (Å²) in [5.41, 5.74) is 4.20. The lowest BCUT2D eigenvalue weighted by Gasteiger charge is -2.16. The zero-order valence-corrected chi connectivity index (χ0v) is 12.3. The van der Waals surface area contributed by atoms with Gasteiger partial charge in [0.05, 0.1) is 17.2 Å². The van der Waals surface area contributed by atoms with Gasteiger partial charge < -0.3 is 5.73 Å². The molecule has 2 rings (SSSR count). The Balaban J connectivity index is 0.00000264. The van der Waals surface area contributed by atoms with Gasteiger partial charge in [-0.3, -0.25) is 0 Å². The van der Waals surface area contributed by atoms with Crippen LogP contribution in [0.25, 0.3) is 0 Å². The van der Waals surface area contributed by atoms with Crippen molar-refractivity contribution < 1.29 is 26.3 Å². The fraction of sp³-hybridized carbons (Fsp3) is 0.200. The normalized spacial score (nSPS) is 12.2. The summed E-state index contributed by atoms with van der Waals surface area (Å²) < 4.78 is 76.0. The molecule has 0 fully saturated rings. The van der Waals surface area contributed by atoms with Crippen LogP contribution in [0.3, 0.4) is 0 Å². The number of benzene rings is 2. The van der Waals surface area contributed by atoms with Gasteiger partial charge in [0.2, 0.25) is 0 Å². The van der Waals surface area contributed by atoms with Gasteiger partial charge in [0.1, 0.15) is 0 Å². The molecule has 0 atom stereocenters. The predicted octanol–water partition coefficient (Wildman–Crippen LogP) is 5.19. The quantitative estimate of drug-likeness (QED) is 0.737. The highest BCUT2D eigenvalue weighted by atomic mass is 35.5. The Morgan fingerprint density at radius 2 is 1.04 bits per heavy atom. The molecule has 0 saturated heterocycles. The van der Waals surface area contributed by atoms with E-state index in [1.807, 2.05) is 0 Å². The lowest BCUT2D eigenvalue weighted by molar-refractivity contribution is -0.138. The first-order chi connectivity index (χ1) is 10.1. The maximum atomic E-state index is 12.7. The van der Waals surface area contributed by atoms with Crippen LogP contribution >= 0.6 is 12.4 Å². The SMILES string of the molecule is Cl.NC(c1cccc(C(F)(F)F)c1)c1cccc(C(F)(F)F)c1. The Labute approximate surface area is 134 Å². The van der Waals surface area contributed by atoms with Crippen molar-refractivity contribution in [2.45, 2.75) is 18.4 Å². The number of rotatable bonds is 2. The highest BCUT2D eigenvalue weighted by Crippen LogP contribution is 2.33. The molecule has 0 heterocycles. The zero-order valence-electron chi connectivity index (χ0n) is 11.4. The minimum absolute atomic E-state index is 0. The van der Waals surface area contributed by atoms with Crippen molar-refractivity contribution in [3.63, 3.8) is 0 Å². The van der Waals surface area contributed by atoms with E-state index in [4.69, 9.17) is 5.73 Å². The molecule has 8 heteroatoms. The molecule has 0 unspecified atom stereocenters. The Morgan fingerprint density at radius 1 is 0.696 bits per heavy atom. The van der Waals surface area contributed by atoms with E-state index in [9.17, 15) is 26.3 Å². The molecule has 2 N–H and O–H groups in total. The number of alkyl halides is 6. The van der Waals surface area contributed by atoms with Crippen molar-refractivity contribution >= 4 is 12.4 Å². The highest BCUT2D eigenvalue weighted by Gasteiger charge is 2.32. The van der Waals surface area contributed by atoms with Crippen LogP contribution < -0.4 is 5.73 Å². The first-order valence-electron chi connectivity index (χ1n) is 6.19. The van der Waals surface area contributed by atoms with Crippen LogP contribution in [0, 0.1) is 0 Å². The van der Waals surface area contributed by atoms with E-state index in [0.29, 0.717) is 0 Å². The standard InChI is InChI=1S/C15H11F6N.ClH/c16-14(17,18)11-5-1-3-9(7-11)13(22)10-4-2-6-12(8-10)15(19,20)21;/h1-8,13H,22H2;1H. The first-order valence-corrected chi connectivity index (χ1v) is 6.19. The summed E-state index contributed by atoms with van der Waals surface area (Å²) in [6.07, 6.45) is -9.08. The van der Waals surface area contributed by atoms with Crippen LogP contribution in [0.5, 0.6) is 0 Å². The molecule has 23 heavy (non-hydrogen) atoms. The van der Waals surface area contributed by atoms with Crippen molar-refractivity contribution in [3.8, 4) is 0 Å². The third kappa shape index (κ3) is 4.62. The zero-order chi connectivity index (χ0) is 16.5. The van der Waals surface area contributed by atoms with Crippen molar-refractivity contribution in [2.75, 3.05) is 0 Å². The highest BCUT2D eigenvalue weighted by molar-refractivity contribution is 5.85. The average Bonchev–Trinajstić information content (AvgIpc) is 2.45. The summed E-state index contributed by atoms with van der Waals surface area (Å²) in [5, 5.41) is 0. The molecule has 0 spiro atoms. The van der Waals surface area contributed by atoms with E-state index >= 15 is 0 Å². The van der Waals surface area contributed by atoms with Crippen LogP contribution in [0.1, 0.15) is 28.3 Å². The number of halogens is 7. The van der Waals surface area contributed by atoms with Crippen LogP contribution in [-0.4, -0.2) is 0 Å². The summed E-state index contributed by atoms with van der Waals surface area (Å²) in [5.74, 6) is 0. The molecule has 0 aliphatic rings. The van der Waals surface area contributed by atoms with E-state index in [0.717, 1.165) is 24.3 Å². The summed E-state index contributed by atoms with van der Waals surface area (Å²) in [6, 6.07) is 7.39.